The van der Waals surface area contributed by atoms with Gasteiger partial charge in [-0.3, -0.25) is 4.79 Å². The molecule has 1 N–H and O–H groups in total. The number of rotatable bonds is 7. The van der Waals surface area contributed by atoms with Crippen LogP contribution in [0, 0.1) is 11.8 Å². The Morgan fingerprint density at radius 3 is 2.43 bits per heavy atom. The van der Waals surface area contributed by atoms with Crippen LogP contribution in [-0.2, 0) is 14.8 Å². The largest absolute Gasteiger partial charge is 0.495 e. The van der Waals surface area contributed by atoms with Crippen molar-refractivity contribution in [2.75, 3.05) is 25.5 Å². The van der Waals surface area contributed by atoms with Crippen molar-refractivity contribution in [1.82, 2.24) is 4.31 Å². The van der Waals surface area contributed by atoms with E-state index in [1.807, 2.05) is 6.92 Å². The van der Waals surface area contributed by atoms with Crippen LogP contribution in [0.15, 0.2) is 23.1 Å². The van der Waals surface area contributed by atoms with Crippen LogP contribution < -0.4 is 10.1 Å². The van der Waals surface area contributed by atoms with E-state index in [1.165, 1.54) is 23.5 Å². The molecular formula is C16H24N2O4S. The third-order valence-electron chi connectivity index (χ3n) is 4.22. The molecule has 2 atom stereocenters. The van der Waals surface area contributed by atoms with Crippen LogP contribution in [0.5, 0.6) is 5.75 Å². The Hall–Kier alpha value is -1.60. The first kappa shape index (κ1) is 17.7. The van der Waals surface area contributed by atoms with Gasteiger partial charge in [-0.2, -0.15) is 4.31 Å². The molecule has 0 radical (unpaired) electrons. The first-order valence-electron chi connectivity index (χ1n) is 7.84. The lowest BCUT2D eigenvalue weighted by Crippen LogP contribution is -2.30. The predicted molar refractivity (Wildman–Crippen MR) is 89.0 cm³/mol. The Morgan fingerprint density at radius 1 is 1.35 bits per heavy atom. The second-order valence-corrected chi connectivity index (χ2v) is 7.70. The summed E-state index contributed by atoms with van der Waals surface area (Å²) in [7, 11) is -2.08. The molecule has 7 heteroatoms. The van der Waals surface area contributed by atoms with E-state index < -0.39 is 10.0 Å². The zero-order valence-corrected chi connectivity index (χ0v) is 14.8. The van der Waals surface area contributed by atoms with Gasteiger partial charge in [-0.25, -0.2) is 8.42 Å². The minimum absolute atomic E-state index is 0.00255. The van der Waals surface area contributed by atoms with Gasteiger partial charge in [-0.15, -0.1) is 0 Å². The van der Waals surface area contributed by atoms with Crippen molar-refractivity contribution >= 4 is 21.6 Å². The van der Waals surface area contributed by atoms with Crippen LogP contribution in [0.2, 0.25) is 0 Å². The number of benzene rings is 1. The number of hydrogen-bond donors (Lipinski definition) is 1. The fourth-order valence-electron chi connectivity index (χ4n) is 2.57. The molecule has 0 bridgehead atoms. The highest BCUT2D eigenvalue weighted by Gasteiger charge is 2.39. The van der Waals surface area contributed by atoms with Crippen molar-refractivity contribution in [2.24, 2.45) is 11.8 Å². The van der Waals surface area contributed by atoms with Gasteiger partial charge in [0.2, 0.25) is 15.9 Å². The van der Waals surface area contributed by atoms with E-state index >= 15 is 0 Å². The third kappa shape index (κ3) is 3.67. The molecule has 6 nitrogen and oxygen atoms in total. The maximum Gasteiger partial charge on any atom is 0.243 e. The van der Waals surface area contributed by atoms with Crippen LogP contribution >= 0.6 is 0 Å². The Labute approximate surface area is 137 Å². The molecule has 0 unspecified atom stereocenters. The Bertz CT molecular complexity index is 683. The molecule has 0 saturated heterocycles. The number of nitrogens with zero attached hydrogens (tertiary/aromatic N) is 1. The first-order chi connectivity index (χ1) is 10.8. The van der Waals surface area contributed by atoms with E-state index in [0.29, 0.717) is 30.4 Å². The van der Waals surface area contributed by atoms with Gasteiger partial charge in [0.1, 0.15) is 5.75 Å². The van der Waals surface area contributed by atoms with Crippen molar-refractivity contribution in [3.63, 3.8) is 0 Å². The fraction of sp³-hybridized carbons (Fsp3) is 0.562. The summed E-state index contributed by atoms with van der Waals surface area (Å²) in [6, 6.07) is 4.54. The fourth-order valence-corrected chi connectivity index (χ4v) is 4.06. The molecule has 1 aliphatic carbocycles. The van der Waals surface area contributed by atoms with Crippen molar-refractivity contribution < 1.29 is 17.9 Å². The summed E-state index contributed by atoms with van der Waals surface area (Å²) in [5.74, 6) is 0.740. The minimum atomic E-state index is -3.57. The highest BCUT2D eigenvalue weighted by Crippen LogP contribution is 2.39. The second kappa shape index (κ2) is 6.88. The topological polar surface area (TPSA) is 75.7 Å². The molecule has 1 saturated carbocycles. The number of sulfonamides is 1. The minimum Gasteiger partial charge on any atom is -0.495 e. The number of ether oxygens (including phenoxy) is 1. The lowest BCUT2D eigenvalue weighted by Gasteiger charge is -2.19. The van der Waals surface area contributed by atoms with E-state index in [4.69, 9.17) is 4.74 Å². The van der Waals surface area contributed by atoms with Crippen LogP contribution in [0.4, 0.5) is 5.69 Å². The van der Waals surface area contributed by atoms with E-state index in [2.05, 4.69) is 5.32 Å². The van der Waals surface area contributed by atoms with Gasteiger partial charge in [-0.1, -0.05) is 20.8 Å². The number of carbonyl (C=O) groups excluding carboxylic acids is 1. The van der Waals surface area contributed by atoms with Gasteiger partial charge < -0.3 is 10.1 Å². The van der Waals surface area contributed by atoms with E-state index in [1.54, 1.807) is 19.9 Å². The maximum absolute atomic E-state index is 12.6. The monoisotopic (exact) mass is 340 g/mol. The normalized spacial score (nSPS) is 20.4. The summed E-state index contributed by atoms with van der Waals surface area (Å²) >= 11 is 0. The molecular weight excluding hydrogens is 316 g/mol. The number of nitrogens with one attached hydrogen (secondary N) is 1. The van der Waals surface area contributed by atoms with Gasteiger partial charge in [-0.05, 0) is 30.5 Å². The van der Waals surface area contributed by atoms with Gasteiger partial charge >= 0.3 is 0 Å². The lowest BCUT2D eigenvalue weighted by molar-refractivity contribution is -0.117. The summed E-state index contributed by atoms with van der Waals surface area (Å²) < 4.78 is 31.8. The molecule has 128 valence electrons. The molecule has 0 heterocycles. The molecule has 1 aliphatic rings. The molecule has 0 aliphatic heterocycles. The number of carbonyl (C=O) groups is 1. The standard InChI is InChI=1S/C16H24N2O4S/c1-5-18(6-2)23(20,21)12-7-8-15(22-4)14(10-12)17-16(19)13-9-11(13)3/h7-8,10-11,13H,5-6,9H2,1-4H3,(H,17,19)/t11-,13-/m1/s1. The first-order valence-corrected chi connectivity index (χ1v) is 9.28. The van der Waals surface area contributed by atoms with Gasteiger partial charge in [0.05, 0.1) is 17.7 Å². The molecule has 1 fully saturated rings. The molecule has 1 aromatic carbocycles. The Kier molecular flexibility index (Phi) is 5.31. The van der Waals surface area contributed by atoms with Crippen molar-refractivity contribution in [1.29, 1.82) is 0 Å². The molecule has 0 spiro atoms. The summed E-state index contributed by atoms with van der Waals surface area (Å²) in [6.45, 7) is 6.39. The van der Waals surface area contributed by atoms with Crippen molar-refractivity contribution in [3.8, 4) is 5.75 Å². The number of methoxy groups -OCH3 is 1. The van der Waals surface area contributed by atoms with E-state index in [9.17, 15) is 13.2 Å². The zero-order chi connectivity index (χ0) is 17.2. The van der Waals surface area contributed by atoms with Crippen LogP contribution in [-0.4, -0.2) is 38.8 Å². The molecule has 23 heavy (non-hydrogen) atoms. The summed E-state index contributed by atoms with van der Waals surface area (Å²) in [4.78, 5) is 12.3. The second-order valence-electron chi connectivity index (χ2n) is 5.76. The SMILES string of the molecule is CCN(CC)S(=O)(=O)c1ccc(OC)c(NC(=O)[C@@H]2C[C@H]2C)c1. The van der Waals surface area contributed by atoms with Crippen molar-refractivity contribution in [2.45, 2.75) is 32.1 Å². The van der Waals surface area contributed by atoms with Crippen LogP contribution in [0.25, 0.3) is 0 Å². The van der Waals surface area contributed by atoms with Gasteiger partial charge in [0, 0.05) is 19.0 Å². The smallest absolute Gasteiger partial charge is 0.243 e. The van der Waals surface area contributed by atoms with Crippen molar-refractivity contribution in [3.05, 3.63) is 18.2 Å². The van der Waals surface area contributed by atoms with Gasteiger partial charge in [0.25, 0.3) is 0 Å². The molecule has 2 rings (SSSR count). The summed E-state index contributed by atoms with van der Waals surface area (Å²) in [5, 5.41) is 2.79. The maximum atomic E-state index is 12.6. The third-order valence-corrected chi connectivity index (χ3v) is 6.26. The highest BCUT2D eigenvalue weighted by molar-refractivity contribution is 7.89. The predicted octanol–water partition coefficient (Wildman–Crippen LogP) is 2.32. The Morgan fingerprint density at radius 2 is 1.96 bits per heavy atom. The average Bonchev–Trinajstić information content (AvgIpc) is 3.25. The van der Waals surface area contributed by atoms with Crippen LogP contribution in [0.3, 0.4) is 0 Å². The lowest BCUT2D eigenvalue weighted by atomic mass is 10.2. The number of hydrogen-bond acceptors (Lipinski definition) is 4. The Balaban J connectivity index is 2.33. The molecule has 1 amide bonds. The molecule has 1 aromatic rings. The summed E-state index contributed by atoms with van der Waals surface area (Å²) in [6.07, 6.45) is 0.867. The van der Waals surface area contributed by atoms with Gasteiger partial charge in [0.15, 0.2) is 0 Å². The molecule has 0 aromatic heterocycles. The van der Waals surface area contributed by atoms with E-state index in [-0.39, 0.29) is 16.7 Å². The quantitative estimate of drug-likeness (QED) is 0.826. The van der Waals surface area contributed by atoms with Crippen LogP contribution in [0.1, 0.15) is 27.2 Å². The highest BCUT2D eigenvalue weighted by atomic mass is 32.2. The number of amides is 1. The summed E-state index contributed by atoms with van der Waals surface area (Å²) in [5.41, 5.74) is 0.393. The number of anilines is 1. The zero-order valence-electron chi connectivity index (χ0n) is 14.0. The van der Waals surface area contributed by atoms with E-state index in [0.717, 1.165) is 6.42 Å². The average molecular weight is 340 g/mol.